The molecule has 0 rings (SSSR count). The van der Waals surface area contributed by atoms with Gasteiger partial charge in [-0.25, -0.2) is 0 Å². The second kappa shape index (κ2) is 7.29. The molecule has 0 aromatic carbocycles. The van der Waals surface area contributed by atoms with Crippen LogP contribution in [0.25, 0.3) is 0 Å². The normalized spacial score (nSPS) is 15.8. The van der Waals surface area contributed by atoms with E-state index in [4.69, 9.17) is 11.1 Å². The zero-order valence-corrected chi connectivity index (χ0v) is 11.4. The second-order valence-electron chi connectivity index (χ2n) is 3.19. The number of rotatable bonds is 6. The summed E-state index contributed by atoms with van der Waals surface area (Å²) >= 11 is 3.28. The van der Waals surface area contributed by atoms with Crippen molar-refractivity contribution in [2.75, 3.05) is 13.6 Å². The van der Waals surface area contributed by atoms with Gasteiger partial charge in [-0.05, 0) is 29.8 Å². The van der Waals surface area contributed by atoms with Crippen molar-refractivity contribution in [1.29, 1.82) is 5.41 Å². The van der Waals surface area contributed by atoms with E-state index < -0.39 is 6.10 Å². The van der Waals surface area contributed by atoms with Crippen molar-refractivity contribution in [3.8, 4) is 0 Å². The number of hydrogen-bond acceptors (Lipinski definition) is 5. The van der Waals surface area contributed by atoms with Crippen molar-refractivity contribution >= 4 is 22.1 Å². The van der Waals surface area contributed by atoms with Gasteiger partial charge in [0.15, 0.2) is 0 Å². The third-order valence-corrected chi connectivity index (χ3v) is 2.74. The van der Waals surface area contributed by atoms with Crippen LogP contribution in [0.5, 0.6) is 0 Å². The van der Waals surface area contributed by atoms with Gasteiger partial charge in [-0.15, -0.1) is 0 Å². The first-order valence-electron chi connectivity index (χ1n) is 4.95. The van der Waals surface area contributed by atoms with E-state index in [0.717, 1.165) is 6.21 Å². The molecule has 0 spiro atoms. The number of aliphatic hydroxyl groups excluding tert-OH is 1. The van der Waals surface area contributed by atoms with E-state index in [9.17, 15) is 5.11 Å². The number of likely N-dealkylation sites (N-methyl/N-ethyl adjacent to an activating group) is 1. The fourth-order valence-corrected chi connectivity index (χ4v) is 1.84. The summed E-state index contributed by atoms with van der Waals surface area (Å²) < 4.78 is 0.589. The van der Waals surface area contributed by atoms with Crippen LogP contribution in [0.2, 0.25) is 0 Å². The Morgan fingerprint density at radius 3 is 2.50 bits per heavy atom. The van der Waals surface area contributed by atoms with Gasteiger partial charge in [0, 0.05) is 31.1 Å². The largest absolute Gasteiger partial charge is 0.401 e. The summed E-state index contributed by atoms with van der Waals surface area (Å²) in [5.74, 6) is 0. The quantitative estimate of drug-likeness (QED) is 0.366. The Balaban J connectivity index is 5.20. The van der Waals surface area contributed by atoms with Crippen LogP contribution in [-0.4, -0.2) is 31.0 Å². The molecular weight excluding hydrogens is 272 g/mol. The van der Waals surface area contributed by atoms with Gasteiger partial charge >= 0.3 is 0 Å². The van der Waals surface area contributed by atoms with Crippen molar-refractivity contribution in [1.82, 2.24) is 10.6 Å². The molecule has 92 valence electrons. The number of allylic oxidation sites excluding steroid dienone is 1. The first kappa shape index (κ1) is 15.0. The molecule has 1 unspecified atom stereocenters. The van der Waals surface area contributed by atoms with Crippen LogP contribution in [0.4, 0.5) is 0 Å². The molecule has 5 nitrogen and oxygen atoms in total. The molecule has 0 aliphatic heterocycles. The molecule has 0 heterocycles. The highest BCUT2D eigenvalue weighted by Crippen LogP contribution is 2.16. The molecule has 0 radical (unpaired) electrons. The summed E-state index contributed by atoms with van der Waals surface area (Å²) in [6, 6.07) is 0. The predicted molar refractivity (Wildman–Crippen MR) is 70.4 cm³/mol. The van der Waals surface area contributed by atoms with Crippen molar-refractivity contribution in [3.63, 3.8) is 0 Å². The van der Waals surface area contributed by atoms with Crippen LogP contribution < -0.4 is 16.4 Å². The monoisotopic (exact) mass is 290 g/mol. The SMILES string of the molecule is CCN/C(Br)=C(\C=N)C(O)/C(NC)=C(\C)N. The van der Waals surface area contributed by atoms with E-state index >= 15 is 0 Å². The molecule has 0 bridgehead atoms. The molecule has 1 atom stereocenters. The maximum Gasteiger partial charge on any atom is 0.124 e. The molecule has 0 saturated carbocycles. The second-order valence-corrected chi connectivity index (χ2v) is 3.99. The zero-order valence-electron chi connectivity index (χ0n) is 9.76. The molecule has 0 aromatic heterocycles. The minimum Gasteiger partial charge on any atom is -0.401 e. The van der Waals surface area contributed by atoms with Gasteiger partial charge in [0.05, 0.1) is 10.3 Å². The highest BCUT2D eigenvalue weighted by atomic mass is 79.9. The molecule has 6 N–H and O–H groups in total. The molecule has 0 fully saturated rings. The van der Waals surface area contributed by atoms with Gasteiger partial charge in [-0.1, -0.05) is 0 Å². The summed E-state index contributed by atoms with van der Waals surface area (Å²) in [6.07, 6.45) is 0.151. The van der Waals surface area contributed by atoms with Gasteiger partial charge < -0.3 is 26.9 Å². The first-order chi connectivity index (χ1) is 7.49. The van der Waals surface area contributed by atoms with E-state index in [2.05, 4.69) is 26.6 Å². The number of nitrogens with one attached hydrogen (secondary N) is 3. The minimum absolute atomic E-state index is 0.427. The molecule has 0 aliphatic carbocycles. The summed E-state index contributed by atoms with van der Waals surface area (Å²) in [4.78, 5) is 0. The lowest BCUT2D eigenvalue weighted by Crippen LogP contribution is -2.29. The van der Waals surface area contributed by atoms with Crippen LogP contribution in [0.15, 0.2) is 21.6 Å². The smallest absolute Gasteiger partial charge is 0.124 e. The summed E-state index contributed by atoms with van der Waals surface area (Å²) in [5.41, 5.74) is 7.05. The summed E-state index contributed by atoms with van der Waals surface area (Å²) in [5, 5.41) is 23.2. The van der Waals surface area contributed by atoms with Gasteiger partial charge in [-0.3, -0.25) is 0 Å². The van der Waals surface area contributed by atoms with Gasteiger partial charge in [-0.2, -0.15) is 0 Å². The third kappa shape index (κ3) is 3.86. The van der Waals surface area contributed by atoms with Gasteiger partial charge in [0.1, 0.15) is 6.10 Å². The Morgan fingerprint density at radius 2 is 2.19 bits per heavy atom. The van der Waals surface area contributed by atoms with Crippen LogP contribution in [0.3, 0.4) is 0 Å². The predicted octanol–water partition coefficient (Wildman–Crippen LogP) is 0.622. The van der Waals surface area contributed by atoms with E-state index in [0.29, 0.717) is 28.1 Å². The van der Waals surface area contributed by atoms with Crippen LogP contribution in [0.1, 0.15) is 13.8 Å². The summed E-state index contributed by atoms with van der Waals surface area (Å²) in [6.45, 7) is 4.32. The van der Waals surface area contributed by atoms with E-state index in [-0.39, 0.29) is 0 Å². The lowest BCUT2D eigenvalue weighted by atomic mass is 10.1. The topological polar surface area (TPSA) is 94.2 Å². The van der Waals surface area contributed by atoms with Crippen LogP contribution in [0, 0.1) is 5.41 Å². The Hall–Kier alpha value is -1.01. The molecule has 0 saturated heterocycles. The lowest BCUT2D eigenvalue weighted by molar-refractivity contribution is 0.243. The Morgan fingerprint density at radius 1 is 1.62 bits per heavy atom. The molecule has 6 heteroatoms. The Labute approximate surface area is 104 Å². The highest BCUT2D eigenvalue weighted by Gasteiger charge is 2.18. The molecule has 0 aliphatic rings. The molecule has 0 amide bonds. The zero-order chi connectivity index (χ0) is 12.7. The number of aliphatic hydroxyl groups is 1. The van der Waals surface area contributed by atoms with Crippen LogP contribution >= 0.6 is 15.9 Å². The lowest BCUT2D eigenvalue weighted by Gasteiger charge is -2.18. The fraction of sp³-hybridized carbons (Fsp3) is 0.500. The minimum atomic E-state index is -0.944. The van der Waals surface area contributed by atoms with Crippen molar-refractivity contribution in [3.05, 3.63) is 21.6 Å². The van der Waals surface area contributed by atoms with Gasteiger partial charge in [0.25, 0.3) is 0 Å². The number of nitrogens with two attached hydrogens (primary N) is 1. The fourth-order valence-electron chi connectivity index (χ4n) is 1.22. The molecule has 16 heavy (non-hydrogen) atoms. The number of hydrogen-bond donors (Lipinski definition) is 5. The van der Waals surface area contributed by atoms with E-state index in [1.54, 1.807) is 14.0 Å². The molecule has 0 aromatic rings. The highest BCUT2D eigenvalue weighted by molar-refractivity contribution is 9.11. The third-order valence-electron chi connectivity index (χ3n) is 2.00. The van der Waals surface area contributed by atoms with Gasteiger partial charge in [0.2, 0.25) is 0 Å². The first-order valence-corrected chi connectivity index (χ1v) is 5.74. The van der Waals surface area contributed by atoms with Crippen LogP contribution in [-0.2, 0) is 0 Å². The van der Waals surface area contributed by atoms with E-state index in [1.807, 2.05) is 6.92 Å². The van der Waals surface area contributed by atoms with E-state index in [1.165, 1.54) is 0 Å². The van der Waals surface area contributed by atoms with Crippen molar-refractivity contribution < 1.29 is 5.11 Å². The average Bonchev–Trinajstić information content (AvgIpc) is 2.19. The maximum absolute atomic E-state index is 10.1. The Kier molecular flexibility index (Phi) is 6.83. The number of halogens is 1. The maximum atomic E-state index is 10.1. The standard InChI is InChI=1S/C10H19BrN4O/c1-4-15-10(11)7(5-12)9(16)8(14-3)6(2)13/h5,9,12,14-16H,4,13H2,1-3H3/b8-6-,10-7+,12-5?. The van der Waals surface area contributed by atoms with Crippen molar-refractivity contribution in [2.45, 2.75) is 20.0 Å². The van der Waals surface area contributed by atoms with Crippen molar-refractivity contribution in [2.24, 2.45) is 5.73 Å². The molecular formula is C10H19BrN4O. The average molecular weight is 291 g/mol. The Bertz CT molecular complexity index is 308. The summed E-state index contributed by atoms with van der Waals surface area (Å²) in [7, 11) is 1.68.